The molecule has 0 bridgehead atoms. The van der Waals surface area contributed by atoms with Gasteiger partial charge in [-0.2, -0.15) is 0 Å². The summed E-state index contributed by atoms with van der Waals surface area (Å²) in [4.78, 5) is 28.5. The number of pyridine rings is 1. The zero-order chi connectivity index (χ0) is 21.0. The van der Waals surface area contributed by atoms with Crippen LogP contribution in [0.1, 0.15) is 23.2 Å². The lowest BCUT2D eigenvalue weighted by Gasteiger charge is -2.08. The number of hydrogen-bond donors (Lipinski definition) is 1. The molecule has 0 aliphatic rings. The lowest BCUT2D eigenvalue weighted by atomic mass is 10.2. The summed E-state index contributed by atoms with van der Waals surface area (Å²) in [6, 6.07) is 11.2. The maximum absolute atomic E-state index is 12.2. The van der Waals surface area contributed by atoms with E-state index < -0.39 is 16.0 Å². The number of fused-ring (bicyclic) bond motifs is 1. The highest BCUT2D eigenvalue weighted by molar-refractivity contribution is 7.89. The summed E-state index contributed by atoms with van der Waals surface area (Å²) in [7, 11) is -3.69. The van der Waals surface area contributed by atoms with Crippen LogP contribution in [0.2, 0.25) is 0 Å². The Kier molecular flexibility index (Phi) is 6.09. The number of sulfonamides is 1. The maximum atomic E-state index is 12.2. The van der Waals surface area contributed by atoms with Gasteiger partial charge in [0.05, 0.1) is 17.0 Å². The first-order chi connectivity index (χ1) is 13.7. The van der Waals surface area contributed by atoms with Crippen molar-refractivity contribution in [3.8, 4) is 0 Å². The molecule has 152 valence electrons. The van der Waals surface area contributed by atoms with Gasteiger partial charge in [0.1, 0.15) is 12.3 Å². The van der Waals surface area contributed by atoms with Gasteiger partial charge in [0.15, 0.2) is 0 Å². The van der Waals surface area contributed by atoms with Crippen molar-refractivity contribution < 1.29 is 17.9 Å². The minimum atomic E-state index is -3.69. The number of nitrogens with zero attached hydrogens (tertiary/aromatic N) is 2. The SMILES string of the molecule is Cc1ccc(S(=O)(=O)NCCC(=O)OCc2cc(=O)n3cc(C)ccc3n2)cc1. The summed E-state index contributed by atoms with van der Waals surface area (Å²) >= 11 is 0. The van der Waals surface area contributed by atoms with E-state index in [-0.39, 0.29) is 30.0 Å². The number of aromatic nitrogens is 2. The topological polar surface area (TPSA) is 107 Å². The molecule has 0 unspecified atom stereocenters. The number of nitrogens with one attached hydrogen (secondary N) is 1. The first-order valence-electron chi connectivity index (χ1n) is 8.95. The largest absolute Gasteiger partial charge is 0.459 e. The minimum Gasteiger partial charge on any atom is -0.459 e. The highest BCUT2D eigenvalue weighted by Gasteiger charge is 2.14. The van der Waals surface area contributed by atoms with E-state index in [4.69, 9.17) is 4.74 Å². The smallest absolute Gasteiger partial charge is 0.307 e. The van der Waals surface area contributed by atoms with E-state index in [1.165, 1.54) is 22.6 Å². The summed E-state index contributed by atoms with van der Waals surface area (Å²) in [5, 5.41) is 0. The van der Waals surface area contributed by atoms with Crippen LogP contribution < -0.4 is 10.3 Å². The molecule has 0 saturated heterocycles. The molecule has 0 spiro atoms. The van der Waals surface area contributed by atoms with Crippen LogP contribution in [-0.2, 0) is 26.2 Å². The van der Waals surface area contributed by atoms with Crippen LogP contribution in [-0.4, -0.2) is 30.3 Å². The molecule has 2 heterocycles. The molecule has 3 aromatic rings. The van der Waals surface area contributed by atoms with Crippen LogP contribution in [0.15, 0.2) is 58.4 Å². The Labute approximate surface area is 168 Å². The molecule has 8 nitrogen and oxygen atoms in total. The van der Waals surface area contributed by atoms with Gasteiger partial charge in [0.25, 0.3) is 5.56 Å². The number of esters is 1. The highest BCUT2D eigenvalue weighted by Crippen LogP contribution is 2.10. The van der Waals surface area contributed by atoms with E-state index >= 15 is 0 Å². The Morgan fingerprint density at radius 3 is 2.52 bits per heavy atom. The Morgan fingerprint density at radius 1 is 1.10 bits per heavy atom. The van der Waals surface area contributed by atoms with Crippen molar-refractivity contribution in [2.45, 2.75) is 31.8 Å². The number of carbonyl (C=O) groups is 1. The van der Waals surface area contributed by atoms with Crippen molar-refractivity contribution in [2.75, 3.05) is 6.54 Å². The molecular weight excluding hydrogens is 394 g/mol. The molecule has 0 atom stereocenters. The average molecular weight is 415 g/mol. The third-order valence-corrected chi connectivity index (χ3v) is 5.67. The Morgan fingerprint density at radius 2 is 1.79 bits per heavy atom. The highest BCUT2D eigenvalue weighted by atomic mass is 32.2. The normalized spacial score (nSPS) is 11.5. The van der Waals surface area contributed by atoms with Crippen molar-refractivity contribution in [3.63, 3.8) is 0 Å². The first-order valence-corrected chi connectivity index (χ1v) is 10.4. The van der Waals surface area contributed by atoms with Gasteiger partial charge in [0.2, 0.25) is 10.0 Å². The summed E-state index contributed by atoms with van der Waals surface area (Å²) in [6.45, 7) is 3.47. The standard InChI is InChI=1S/C20H21N3O5S/c1-14-3-6-17(7-4-14)29(26,27)21-10-9-20(25)28-13-16-11-19(24)23-12-15(2)5-8-18(23)22-16/h3-8,11-12,21H,9-10,13H2,1-2H3. The first kappa shape index (κ1) is 20.7. The van der Waals surface area contributed by atoms with Crippen LogP contribution in [0.5, 0.6) is 0 Å². The third-order valence-electron chi connectivity index (χ3n) is 4.19. The van der Waals surface area contributed by atoms with E-state index in [0.29, 0.717) is 11.3 Å². The Bertz CT molecular complexity index is 1200. The summed E-state index contributed by atoms with van der Waals surface area (Å²) < 4.78 is 33.2. The minimum absolute atomic E-state index is 0.0951. The fraction of sp³-hybridized carbons (Fsp3) is 0.250. The number of benzene rings is 1. The fourth-order valence-corrected chi connectivity index (χ4v) is 3.68. The van der Waals surface area contributed by atoms with Crippen LogP contribution in [0.25, 0.3) is 5.65 Å². The van der Waals surface area contributed by atoms with E-state index in [9.17, 15) is 18.0 Å². The number of hydrogen-bond acceptors (Lipinski definition) is 6. The Hall–Kier alpha value is -3.04. The molecule has 3 rings (SSSR count). The van der Waals surface area contributed by atoms with Gasteiger partial charge in [-0.3, -0.25) is 14.0 Å². The van der Waals surface area contributed by atoms with Crippen LogP contribution in [0.4, 0.5) is 0 Å². The van der Waals surface area contributed by atoms with Crippen LogP contribution >= 0.6 is 0 Å². The molecule has 0 amide bonds. The van der Waals surface area contributed by atoms with E-state index in [0.717, 1.165) is 11.1 Å². The van der Waals surface area contributed by atoms with Crippen molar-refractivity contribution >= 4 is 21.6 Å². The predicted octanol–water partition coefficient (Wildman–Crippen LogP) is 1.72. The molecule has 0 aliphatic heterocycles. The lowest BCUT2D eigenvalue weighted by Crippen LogP contribution is -2.26. The lowest BCUT2D eigenvalue weighted by molar-refractivity contribution is -0.144. The quantitative estimate of drug-likeness (QED) is 0.589. The molecule has 0 radical (unpaired) electrons. The molecule has 2 aromatic heterocycles. The number of aryl methyl sites for hydroxylation is 2. The third kappa shape index (κ3) is 5.27. The van der Waals surface area contributed by atoms with Gasteiger partial charge in [0, 0.05) is 18.8 Å². The fourth-order valence-electron chi connectivity index (χ4n) is 2.65. The van der Waals surface area contributed by atoms with Gasteiger partial charge < -0.3 is 4.74 Å². The van der Waals surface area contributed by atoms with Gasteiger partial charge >= 0.3 is 5.97 Å². The molecule has 1 N–H and O–H groups in total. The Balaban J connectivity index is 1.54. The van der Waals surface area contributed by atoms with E-state index in [1.807, 2.05) is 19.9 Å². The molecular formula is C20H21N3O5S. The second-order valence-corrected chi connectivity index (χ2v) is 8.41. The molecule has 0 aliphatic carbocycles. The van der Waals surface area contributed by atoms with E-state index in [1.54, 1.807) is 24.4 Å². The van der Waals surface area contributed by atoms with Gasteiger partial charge in [-0.05, 0) is 37.6 Å². The van der Waals surface area contributed by atoms with Crippen molar-refractivity contribution in [1.29, 1.82) is 0 Å². The molecule has 9 heteroatoms. The van der Waals surface area contributed by atoms with Gasteiger partial charge in [-0.1, -0.05) is 23.8 Å². The number of ether oxygens (including phenoxy) is 1. The van der Waals surface area contributed by atoms with Crippen molar-refractivity contribution in [1.82, 2.24) is 14.1 Å². The zero-order valence-electron chi connectivity index (χ0n) is 16.1. The predicted molar refractivity (Wildman–Crippen MR) is 107 cm³/mol. The van der Waals surface area contributed by atoms with E-state index in [2.05, 4.69) is 9.71 Å². The molecule has 29 heavy (non-hydrogen) atoms. The monoisotopic (exact) mass is 415 g/mol. The van der Waals surface area contributed by atoms with Crippen LogP contribution in [0.3, 0.4) is 0 Å². The molecule has 0 saturated carbocycles. The van der Waals surface area contributed by atoms with Gasteiger partial charge in [-0.25, -0.2) is 18.1 Å². The number of carbonyl (C=O) groups excluding carboxylic acids is 1. The van der Waals surface area contributed by atoms with Crippen LogP contribution in [0, 0.1) is 13.8 Å². The number of rotatable bonds is 7. The van der Waals surface area contributed by atoms with Crippen molar-refractivity contribution in [3.05, 3.63) is 75.8 Å². The second kappa shape index (κ2) is 8.54. The second-order valence-electron chi connectivity index (χ2n) is 6.64. The summed E-state index contributed by atoms with van der Waals surface area (Å²) in [5.74, 6) is -0.595. The molecule has 1 aromatic carbocycles. The summed E-state index contributed by atoms with van der Waals surface area (Å²) in [6.07, 6.45) is 1.54. The zero-order valence-corrected chi connectivity index (χ0v) is 16.9. The molecule has 0 fully saturated rings. The average Bonchev–Trinajstić information content (AvgIpc) is 2.67. The van der Waals surface area contributed by atoms with Crippen molar-refractivity contribution in [2.24, 2.45) is 0 Å². The van der Waals surface area contributed by atoms with Gasteiger partial charge in [-0.15, -0.1) is 0 Å². The summed E-state index contributed by atoms with van der Waals surface area (Å²) in [5.41, 5.74) is 2.39. The maximum Gasteiger partial charge on any atom is 0.307 e.